The van der Waals surface area contributed by atoms with Crippen molar-refractivity contribution in [3.63, 3.8) is 0 Å². The zero-order valence-electron chi connectivity index (χ0n) is 15.3. The zero-order valence-corrected chi connectivity index (χ0v) is 15.3. The molecule has 26 heavy (non-hydrogen) atoms. The number of hydrogen-bond acceptors (Lipinski definition) is 3. The van der Waals surface area contributed by atoms with Crippen molar-refractivity contribution in [3.8, 4) is 11.1 Å². The van der Waals surface area contributed by atoms with Gasteiger partial charge in [0.2, 0.25) is 0 Å². The summed E-state index contributed by atoms with van der Waals surface area (Å²) in [6.07, 6.45) is 1.90. The van der Waals surface area contributed by atoms with Crippen LogP contribution in [0.15, 0.2) is 66.9 Å². The highest BCUT2D eigenvalue weighted by Gasteiger charge is 2.17. The number of aryl methyl sites for hydroxylation is 1. The van der Waals surface area contributed by atoms with Gasteiger partial charge in [-0.15, -0.1) is 0 Å². The highest BCUT2D eigenvalue weighted by Crippen LogP contribution is 2.29. The first-order valence-corrected chi connectivity index (χ1v) is 8.87. The van der Waals surface area contributed by atoms with E-state index >= 15 is 0 Å². The lowest BCUT2D eigenvalue weighted by molar-refractivity contribution is 0.831. The van der Waals surface area contributed by atoms with Gasteiger partial charge in [0.05, 0.1) is 6.20 Å². The van der Waals surface area contributed by atoms with Gasteiger partial charge in [0, 0.05) is 22.9 Å². The van der Waals surface area contributed by atoms with E-state index in [1.807, 2.05) is 35.0 Å². The largest absolute Gasteiger partial charge is 0.363 e. The van der Waals surface area contributed by atoms with Crippen molar-refractivity contribution < 1.29 is 0 Å². The van der Waals surface area contributed by atoms with Crippen LogP contribution in [0.5, 0.6) is 0 Å². The number of benzene rings is 2. The van der Waals surface area contributed by atoms with Crippen LogP contribution in [0.4, 0.5) is 5.82 Å². The van der Waals surface area contributed by atoms with Gasteiger partial charge in [0.15, 0.2) is 5.65 Å². The molecule has 0 aliphatic rings. The highest BCUT2D eigenvalue weighted by molar-refractivity contribution is 5.78. The molecule has 0 aliphatic heterocycles. The van der Waals surface area contributed by atoms with Gasteiger partial charge in [-0.05, 0) is 31.9 Å². The van der Waals surface area contributed by atoms with Crippen molar-refractivity contribution in [2.24, 2.45) is 0 Å². The fraction of sp³-hybridized carbons (Fsp3) is 0.182. The SMILES string of the molecule is Cc1nc2c(-c3ccccc3)cnn2c(NC(C)c2ccccc2)c1C. The van der Waals surface area contributed by atoms with E-state index in [0.29, 0.717) is 0 Å². The van der Waals surface area contributed by atoms with Crippen LogP contribution in [0.25, 0.3) is 16.8 Å². The van der Waals surface area contributed by atoms with Crippen molar-refractivity contribution in [1.29, 1.82) is 0 Å². The molecule has 0 radical (unpaired) electrons. The Hall–Kier alpha value is -3.14. The molecule has 0 spiro atoms. The summed E-state index contributed by atoms with van der Waals surface area (Å²) in [7, 11) is 0. The minimum absolute atomic E-state index is 0.171. The summed E-state index contributed by atoms with van der Waals surface area (Å²) in [4.78, 5) is 4.81. The molecular weight excluding hydrogens is 320 g/mol. The smallest absolute Gasteiger partial charge is 0.165 e. The molecular formula is C22H22N4. The molecule has 4 rings (SSSR count). The number of nitrogens with one attached hydrogen (secondary N) is 1. The number of rotatable bonds is 4. The summed E-state index contributed by atoms with van der Waals surface area (Å²) >= 11 is 0. The Morgan fingerprint density at radius 3 is 2.27 bits per heavy atom. The van der Waals surface area contributed by atoms with Crippen LogP contribution >= 0.6 is 0 Å². The second kappa shape index (κ2) is 6.64. The van der Waals surface area contributed by atoms with Crippen LogP contribution in [0.3, 0.4) is 0 Å². The molecule has 0 saturated heterocycles. The summed E-state index contributed by atoms with van der Waals surface area (Å²) in [6.45, 7) is 6.30. The third kappa shape index (κ3) is 2.84. The number of aromatic nitrogens is 3. The molecule has 4 aromatic rings. The van der Waals surface area contributed by atoms with E-state index < -0.39 is 0 Å². The fourth-order valence-electron chi connectivity index (χ4n) is 3.21. The molecule has 2 aromatic heterocycles. The first-order valence-electron chi connectivity index (χ1n) is 8.87. The third-order valence-corrected chi connectivity index (χ3v) is 4.86. The molecule has 0 aliphatic carbocycles. The van der Waals surface area contributed by atoms with Gasteiger partial charge in [0.25, 0.3) is 0 Å². The van der Waals surface area contributed by atoms with E-state index in [4.69, 9.17) is 4.98 Å². The average Bonchev–Trinajstić information content (AvgIpc) is 3.10. The van der Waals surface area contributed by atoms with E-state index in [-0.39, 0.29) is 6.04 Å². The maximum absolute atomic E-state index is 4.81. The van der Waals surface area contributed by atoms with Gasteiger partial charge in [-0.3, -0.25) is 0 Å². The van der Waals surface area contributed by atoms with Gasteiger partial charge < -0.3 is 5.32 Å². The van der Waals surface area contributed by atoms with E-state index in [9.17, 15) is 0 Å². The molecule has 1 atom stereocenters. The van der Waals surface area contributed by atoms with E-state index in [1.54, 1.807) is 0 Å². The van der Waals surface area contributed by atoms with E-state index in [1.165, 1.54) is 5.56 Å². The average molecular weight is 342 g/mol. The minimum atomic E-state index is 0.171. The van der Waals surface area contributed by atoms with Gasteiger partial charge in [-0.1, -0.05) is 60.7 Å². The summed E-state index contributed by atoms with van der Waals surface area (Å²) in [5.41, 5.74) is 6.41. The predicted octanol–water partition coefficient (Wildman–Crippen LogP) is 5.19. The van der Waals surface area contributed by atoms with Crippen molar-refractivity contribution in [2.75, 3.05) is 5.32 Å². The maximum atomic E-state index is 4.81. The van der Waals surface area contributed by atoms with Crippen molar-refractivity contribution in [1.82, 2.24) is 14.6 Å². The van der Waals surface area contributed by atoms with Crippen molar-refractivity contribution in [3.05, 3.63) is 83.7 Å². The molecule has 1 N–H and O–H groups in total. The number of nitrogens with zero attached hydrogens (tertiary/aromatic N) is 3. The summed E-state index contributed by atoms with van der Waals surface area (Å²) in [6, 6.07) is 20.9. The van der Waals surface area contributed by atoms with Gasteiger partial charge >= 0.3 is 0 Å². The summed E-state index contributed by atoms with van der Waals surface area (Å²) in [5.74, 6) is 0.992. The van der Waals surface area contributed by atoms with Crippen LogP contribution in [0.1, 0.15) is 29.8 Å². The Bertz CT molecular complexity index is 1040. The van der Waals surface area contributed by atoms with E-state index in [2.05, 4.69) is 67.6 Å². The van der Waals surface area contributed by atoms with Crippen LogP contribution in [-0.4, -0.2) is 14.6 Å². The maximum Gasteiger partial charge on any atom is 0.165 e. The van der Waals surface area contributed by atoms with Gasteiger partial charge in [0.1, 0.15) is 5.82 Å². The predicted molar refractivity (Wildman–Crippen MR) is 106 cm³/mol. The van der Waals surface area contributed by atoms with Crippen molar-refractivity contribution >= 4 is 11.5 Å². The number of hydrogen-bond donors (Lipinski definition) is 1. The summed E-state index contributed by atoms with van der Waals surface area (Å²) < 4.78 is 1.92. The topological polar surface area (TPSA) is 42.2 Å². The highest BCUT2D eigenvalue weighted by atomic mass is 15.3. The van der Waals surface area contributed by atoms with Gasteiger partial charge in [-0.2, -0.15) is 9.61 Å². The molecule has 130 valence electrons. The Kier molecular flexibility index (Phi) is 4.17. The monoisotopic (exact) mass is 342 g/mol. The molecule has 2 aromatic carbocycles. The Balaban J connectivity index is 1.82. The lowest BCUT2D eigenvalue weighted by Gasteiger charge is -2.19. The molecule has 1 unspecified atom stereocenters. The minimum Gasteiger partial charge on any atom is -0.363 e. The first-order chi connectivity index (χ1) is 12.6. The second-order valence-corrected chi connectivity index (χ2v) is 6.61. The van der Waals surface area contributed by atoms with Crippen LogP contribution in [0, 0.1) is 13.8 Å². The summed E-state index contributed by atoms with van der Waals surface area (Å²) in [5, 5.41) is 8.27. The normalized spacial score (nSPS) is 12.3. The molecule has 4 nitrogen and oxygen atoms in total. The Morgan fingerprint density at radius 1 is 0.923 bits per heavy atom. The van der Waals surface area contributed by atoms with Crippen LogP contribution < -0.4 is 5.32 Å². The molecule has 4 heteroatoms. The standard InChI is InChI=1S/C22H22N4/c1-15-16(2)24-22-20(19-12-8-5-9-13-19)14-23-26(22)21(15)25-17(3)18-10-6-4-7-11-18/h4-14,17,25H,1-3H3. The third-order valence-electron chi connectivity index (χ3n) is 4.86. The molecule has 0 bridgehead atoms. The second-order valence-electron chi connectivity index (χ2n) is 6.61. The van der Waals surface area contributed by atoms with Gasteiger partial charge in [-0.25, -0.2) is 4.98 Å². The van der Waals surface area contributed by atoms with Crippen LogP contribution in [0.2, 0.25) is 0 Å². The molecule has 0 saturated carbocycles. The van der Waals surface area contributed by atoms with Crippen LogP contribution in [-0.2, 0) is 0 Å². The first kappa shape index (κ1) is 16.3. The lowest BCUT2D eigenvalue weighted by atomic mass is 10.1. The quantitative estimate of drug-likeness (QED) is 0.555. The Labute approximate surface area is 153 Å². The number of anilines is 1. The zero-order chi connectivity index (χ0) is 18.1. The lowest BCUT2D eigenvalue weighted by Crippen LogP contribution is -2.13. The van der Waals surface area contributed by atoms with E-state index in [0.717, 1.165) is 33.8 Å². The Morgan fingerprint density at radius 2 is 1.58 bits per heavy atom. The number of fused-ring (bicyclic) bond motifs is 1. The fourth-order valence-corrected chi connectivity index (χ4v) is 3.21. The molecule has 0 amide bonds. The molecule has 2 heterocycles. The molecule has 0 fully saturated rings. The van der Waals surface area contributed by atoms with Crippen molar-refractivity contribution in [2.45, 2.75) is 26.8 Å².